The highest BCUT2D eigenvalue weighted by Crippen LogP contribution is 2.23. The molecule has 1 aromatic rings. The maximum absolute atomic E-state index is 12.3. The van der Waals surface area contributed by atoms with Gasteiger partial charge in [-0.3, -0.25) is 9.59 Å². The molecule has 21 heavy (non-hydrogen) atoms. The molecule has 7 heteroatoms. The SMILES string of the molecule is CCOC=C(C(C)=O)C(=O)c1ccc(S(C)(=O)=O)cc1Cl. The van der Waals surface area contributed by atoms with E-state index in [9.17, 15) is 18.0 Å². The van der Waals surface area contributed by atoms with Crippen molar-refractivity contribution in [1.29, 1.82) is 0 Å². The summed E-state index contributed by atoms with van der Waals surface area (Å²) < 4.78 is 27.8. The molecule has 5 nitrogen and oxygen atoms in total. The summed E-state index contributed by atoms with van der Waals surface area (Å²) in [7, 11) is -3.42. The van der Waals surface area contributed by atoms with Crippen LogP contribution in [0.5, 0.6) is 0 Å². The molecule has 0 aromatic heterocycles. The molecule has 114 valence electrons. The second-order valence-electron chi connectivity index (χ2n) is 4.29. The van der Waals surface area contributed by atoms with Crippen molar-refractivity contribution in [2.75, 3.05) is 12.9 Å². The number of ether oxygens (including phenoxy) is 1. The number of Topliss-reactive ketones (excluding diaryl/α,β-unsaturated/α-hetero) is 2. The summed E-state index contributed by atoms with van der Waals surface area (Å²) in [5.74, 6) is -1.07. The molecule has 0 saturated carbocycles. The molecule has 0 aliphatic rings. The van der Waals surface area contributed by atoms with Crippen molar-refractivity contribution in [1.82, 2.24) is 0 Å². The first-order valence-corrected chi connectivity index (χ1v) is 8.32. The van der Waals surface area contributed by atoms with Crippen molar-refractivity contribution in [2.24, 2.45) is 0 Å². The average molecular weight is 331 g/mol. The standard InChI is InChI=1S/C14H15ClO5S/c1-4-20-8-12(9(2)16)14(17)11-6-5-10(7-13(11)15)21(3,18)19/h5-8H,4H2,1-3H3. The number of carbonyl (C=O) groups is 2. The molecular weight excluding hydrogens is 316 g/mol. The maximum Gasteiger partial charge on any atom is 0.201 e. The van der Waals surface area contributed by atoms with Gasteiger partial charge >= 0.3 is 0 Å². The van der Waals surface area contributed by atoms with Crippen molar-refractivity contribution < 1.29 is 22.7 Å². The third-order valence-electron chi connectivity index (χ3n) is 2.61. The Labute approximate surface area is 128 Å². The lowest BCUT2D eigenvalue weighted by molar-refractivity contribution is -0.113. The molecule has 1 rings (SSSR count). The van der Waals surface area contributed by atoms with Gasteiger partial charge in [-0.1, -0.05) is 11.6 Å². The molecule has 0 N–H and O–H groups in total. The lowest BCUT2D eigenvalue weighted by Gasteiger charge is -2.07. The highest BCUT2D eigenvalue weighted by atomic mass is 35.5. The zero-order valence-electron chi connectivity index (χ0n) is 11.8. The summed E-state index contributed by atoms with van der Waals surface area (Å²) in [5, 5.41) is -0.0356. The van der Waals surface area contributed by atoms with E-state index >= 15 is 0 Å². The Morgan fingerprint density at radius 2 is 1.95 bits per heavy atom. The molecule has 0 fully saturated rings. The molecule has 0 unspecified atom stereocenters. The van der Waals surface area contributed by atoms with E-state index in [1.807, 2.05) is 0 Å². The average Bonchev–Trinajstić information content (AvgIpc) is 2.37. The number of rotatable bonds is 6. The van der Waals surface area contributed by atoms with Crippen LogP contribution in [0.2, 0.25) is 5.02 Å². The Kier molecular flexibility index (Phi) is 5.69. The van der Waals surface area contributed by atoms with E-state index in [0.717, 1.165) is 12.5 Å². The molecule has 0 bridgehead atoms. The predicted molar refractivity (Wildman–Crippen MR) is 79.3 cm³/mol. The molecule has 0 heterocycles. The van der Waals surface area contributed by atoms with Gasteiger partial charge in [-0.25, -0.2) is 8.42 Å². The lowest BCUT2D eigenvalue weighted by Crippen LogP contribution is -2.12. The second-order valence-corrected chi connectivity index (χ2v) is 6.71. The van der Waals surface area contributed by atoms with Crippen LogP contribution in [0, 0.1) is 0 Å². The Morgan fingerprint density at radius 1 is 1.33 bits per heavy atom. The van der Waals surface area contributed by atoms with Crippen LogP contribution in [0.25, 0.3) is 0 Å². The summed E-state index contributed by atoms with van der Waals surface area (Å²) in [6.07, 6.45) is 2.13. The number of allylic oxidation sites excluding steroid dienone is 1. The summed E-state index contributed by atoms with van der Waals surface area (Å²) >= 11 is 5.95. The van der Waals surface area contributed by atoms with E-state index in [1.54, 1.807) is 6.92 Å². The number of sulfone groups is 1. The van der Waals surface area contributed by atoms with Crippen LogP contribution in [0.15, 0.2) is 34.9 Å². The van der Waals surface area contributed by atoms with Crippen LogP contribution in [0.3, 0.4) is 0 Å². The zero-order valence-corrected chi connectivity index (χ0v) is 13.4. The van der Waals surface area contributed by atoms with Crippen molar-refractivity contribution in [3.8, 4) is 0 Å². The molecule has 1 aromatic carbocycles. The highest BCUT2D eigenvalue weighted by molar-refractivity contribution is 7.90. The fourth-order valence-corrected chi connectivity index (χ4v) is 2.50. The minimum Gasteiger partial charge on any atom is -0.501 e. The van der Waals surface area contributed by atoms with E-state index in [2.05, 4.69) is 0 Å². The fourth-order valence-electron chi connectivity index (χ4n) is 1.52. The van der Waals surface area contributed by atoms with Crippen LogP contribution in [-0.4, -0.2) is 32.8 Å². The lowest BCUT2D eigenvalue weighted by atomic mass is 10.0. The Balaban J connectivity index is 3.27. The first-order chi connectivity index (χ1) is 9.68. The van der Waals surface area contributed by atoms with Gasteiger partial charge in [0.15, 0.2) is 15.6 Å². The van der Waals surface area contributed by atoms with Crippen LogP contribution < -0.4 is 0 Å². The van der Waals surface area contributed by atoms with E-state index in [-0.39, 0.29) is 21.1 Å². The van der Waals surface area contributed by atoms with Gasteiger partial charge in [0.05, 0.1) is 28.4 Å². The van der Waals surface area contributed by atoms with Crippen LogP contribution >= 0.6 is 11.6 Å². The first kappa shape index (κ1) is 17.4. The summed E-state index contributed by atoms with van der Waals surface area (Å²) in [5.41, 5.74) is -0.101. The normalized spacial score (nSPS) is 12.1. The van der Waals surface area contributed by atoms with Gasteiger partial charge in [-0.2, -0.15) is 0 Å². The molecule has 0 saturated heterocycles. The monoisotopic (exact) mass is 330 g/mol. The van der Waals surface area contributed by atoms with E-state index in [1.165, 1.54) is 25.1 Å². The Morgan fingerprint density at radius 3 is 2.38 bits per heavy atom. The topological polar surface area (TPSA) is 77.5 Å². The van der Waals surface area contributed by atoms with Crippen molar-refractivity contribution in [3.05, 3.63) is 40.6 Å². The number of benzene rings is 1. The molecule has 0 aliphatic heterocycles. The minimum atomic E-state index is -3.42. The Hall–Kier alpha value is -1.66. The second kappa shape index (κ2) is 6.87. The number of hydrogen-bond donors (Lipinski definition) is 0. The van der Waals surface area contributed by atoms with Gasteiger partial charge in [0, 0.05) is 11.8 Å². The largest absolute Gasteiger partial charge is 0.501 e. The highest BCUT2D eigenvalue weighted by Gasteiger charge is 2.21. The van der Waals surface area contributed by atoms with E-state index in [4.69, 9.17) is 16.3 Å². The molecular formula is C14H15ClO5S. The Bertz CT molecular complexity index is 704. The molecule has 0 amide bonds. The quantitative estimate of drug-likeness (QED) is 0.263. The number of halogens is 1. The summed E-state index contributed by atoms with van der Waals surface area (Å²) in [4.78, 5) is 23.8. The van der Waals surface area contributed by atoms with Gasteiger partial charge < -0.3 is 4.74 Å². The number of carbonyl (C=O) groups excluding carboxylic acids is 2. The number of ketones is 2. The smallest absolute Gasteiger partial charge is 0.201 e. The number of hydrogen-bond acceptors (Lipinski definition) is 5. The minimum absolute atomic E-state index is 0.00205. The van der Waals surface area contributed by atoms with Crippen LogP contribution in [0.4, 0.5) is 0 Å². The molecule has 0 spiro atoms. The van der Waals surface area contributed by atoms with E-state index in [0.29, 0.717) is 6.61 Å². The van der Waals surface area contributed by atoms with Gasteiger partial charge in [0.2, 0.25) is 5.78 Å². The van der Waals surface area contributed by atoms with Gasteiger partial charge in [0.25, 0.3) is 0 Å². The molecule has 0 aliphatic carbocycles. The first-order valence-electron chi connectivity index (χ1n) is 6.05. The van der Waals surface area contributed by atoms with Crippen LogP contribution in [-0.2, 0) is 19.4 Å². The third kappa shape index (κ3) is 4.41. The third-order valence-corrected chi connectivity index (χ3v) is 4.03. The van der Waals surface area contributed by atoms with Crippen LogP contribution in [0.1, 0.15) is 24.2 Å². The fraction of sp³-hybridized carbons (Fsp3) is 0.286. The van der Waals surface area contributed by atoms with Gasteiger partial charge in [-0.05, 0) is 32.0 Å². The van der Waals surface area contributed by atoms with Crippen molar-refractivity contribution in [3.63, 3.8) is 0 Å². The summed E-state index contributed by atoms with van der Waals surface area (Å²) in [6.45, 7) is 3.26. The summed E-state index contributed by atoms with van der Waals surface area (Å²) in [6, 6.07) is 3.74. The van der Waals surface area contributed by atoms with Gasteiger partial charge in [0.1, 0.15) is 0 Å². The van der Waals surface area contributed by atoms with Crippen molar-refractivity contribution >= 4 is 33.0 Å². The van der Waals surface area contributed by atoms with Gasteiger partial charge in [-0.15, -0.1) is 0 Å². The zero-order chi connectivity index (χ0) is 16.2. The van der Waals surface area contributed by atoms with E-state index < -0.39 is 21.4 Å². The molecule has 0 radical (unpaired) electrons. The molecule has 0 atom stereocenters. The predicted octanol–water partition coefficient (Wildman–Crippen LogP) is 2.44. The maximum atomic E-state index is 12.3. The van der Waals surface area contributed by atoms with Crippen molar-refractivity contribution in [2.45, 2.75) is 18.7 Å².